The SMILES string of the molecule is CC1CCC(NS(=O)(=O)CC(=O)N(C2CC2)C(C)C(=O)O)CC1. The lowest BCUT2D eigenvalue weighted by atomic mass is 9.88. The highest BCUT2D eigenvalue weighted by molar-refractivity contribution is 7.90. The van der Waals surface area contributed by atoms with Gasteiger partial charge in [0.15, 0.2) is 0 Å². The molecule has 2 saturated carbocycles. The Bertz CT molecular complexity index is 550. The molecule has 1 amide bonds. The van der Waals surface area contributed by atoms with Gasteiger partial charge in [-0.2, -0.15) is 0 Å². The topological polar surface area (TPSA) is 104 Å². The zero-order valence-corrected chi connectivity index (χ0v) is 14.5. The molecule has 0 spiro atoms. The van der Waals surface area contributed by atoms with Crippen LogP contribution in [-0.2, 0) is 19.6 Å². The van der Waals surface area contributed by atoms with E-state index in [-0.39, 0.29) is 12.1 Å². The van der Waals surface area contributed by atoms with Crippen LogP contribution in [0.3, 0.4) is 0 Å². The van der Waals surface area contributed by atoms with Gasteiger partial charge in [-0.15, -0.1) is 0 Å². The second-order valence-electron chi connectivity index (χ2n) is 6.88. The highest BCUT2D eigenvalue weighted by atomic mass is 32.2. The van der Waals surface area contributed by atoms with Crippen molar-refractivity contribution in [3.05, 3.63) is 0 Å². The highest BCUT2D eigenvalue weighted by Crippen LogP contribution is 2.29. The molecule has 2 fully saturated rings. The maximum absolute atomic E-state index is 12.3. The molecule has 0 aromatic rings. The Labute approximate surface area is 137 Å². The summed E-state index contributed by atoms with van der Waals surface area (Å²) >= 11 is 0. The number of carbonyl (C=O) groups is 2. The molecule has 0 saturated heterocycles. The first kappa shape index (κ1) is 18.2. The van der Waals surface area contributed by atoms with Crippen LogP contribution in [0.5, 0.6) is 0 Å². The number of hydrogen-bond acceptors (Lipinski definition) is 4. The number of amides is 1. The van der Waals surface area contributed by atoms with E-state index < -0.39 is 33.7 Å². The quantitative estimate of drug-likeness (QED) is 0.714. The molecule has 2 N–H and O–H groups in total. The second-order valence-corrected chi connectivity index (χ2v) is 8.63. The summed E-state index contributed by atoms with van der Waals surface area (Å²) in [4.78, 5) is 24.7. The Morgan fingerprint density at radius 1 is 1.17 bits per heavy atom. The maximum Gasteiger partial charge on any atom is 0.326 e. The van der Waals surface area contributed by atoms with Crippen LogP contribution in [0.1, 0.15) is 52.4 Å². The van der Waals surface area contributed by atoms with Crippen molar-refractivity contribution in [2.45, 2.75) is 70.5 Å². The van der Waals surface area contributed by atoms with Gasteiger partial charge in [-0.3, -0.25) is 4.79 Å². The number of nitrogens with one attached hydrogen (secondary N) is 1. The van der Waals surface area contributed by atoms with Crippen molar-refractivity contribution in [1.29, 1.82) is 0 Å². The van der Waals surface area contributed by atoms with E-state index in [9.17, 15) is 18.0 Å². The van der Waals surface area contributed by atoms with E-state index in [1.807, 2.05) is 0 Å². The molecular formula is C15H26N2O5S. The predicted octanol–water partition coefficient (Wildman–Crippen LogP) is 0.949. The van der Waals surface area contributed by atoms with E-state index in [1.165, 1.54) is 11.8 Å². The number of carboxylic acids is 1. The van der Waals surface area contributed by atoms with Crippen LogP contribution in [0.4, 0.5) is 0 Å². The molecule has 7 nitrogen and oxygen atoms in total. The minimum Gasteiger partial charge on any atom is -0.480 e. The molecule has 23 heavy (non-hydrogen) atoms. The van der Waals surface area contributed by atoms with Crippen LogP contribution < -0.4 is 4.72 Å². The number of nitrogens with zero attached hydrogens (tertiary/aromatic N) is 1. The third-order valence-electron chi connectivity index (χ3n) is 4.68. The van der Waals surface area contributed by atoms with E-state index in [1.54, 1.807) is 0 Å². The van der Waals surface area contributed by atoms with Gasteiger partial charge in [-0.25, -0.2) is 17.9 Å². The van der Waals surface area contributed by atoms with E-state index in [2.05, 4.69) is 11.6 Å². The number of rotatable bonds is 7. The van der Waals surface area contributed by atoms with Crippen LogP contribution in [0.2, 0.25) is 0 Å². The van der Waals surface area contributed by atoms with Crippen molar-refractivity contribution >= 4 is 21.9 Å². The van der Waals surface area contributed by atoms with Gasteiger partial charge in [-0.1, -0.05) is 6.92 Å². The normalized spacial score (nSPS) is 26.5. The van der Waals surface area contributed by atoms with Gasteiger partial charge in [0.05, 0.1) is 0 Å². The van der Waals surface area contributed by atoms with Crippen molar-refractivity contribution in [3.8, 4) is 0 Å². The molecule has 0 bridgehead atoms. The lowest BCUT2D eigenvalue weighted by Gasteiger charge is -2.28. The number of carboxylic acid groups (broad SMARTS) is 1. The monoisotopic (exact) mass is 346 g/mol. The fraction of sp³-hybridized carbons (Fsp3) is 0.867. The highest BCUT2D eigenvalue weighted by Gasteiger charge is 2.39. The van der Waals surface area contributed by atoms with Crippen molar-refractivity contribution in [1.82, 2.24) is 9.62 Å². The summed E-state index contributed by atoms with van der Waals surface area (Å²) in [6, 6.07) is -1.25. The molecule has 2 aliphatic rings. The molecule has 8 heteroatoms. The Balaban J connectivity index is 1.95. The molecule has 1 atom stereocenters. The summed E-state index contributed by atoms with van der Waals surface area (Å²) in [5.41, 5.74) is 0. The summed E-state index contributed by atoms with van der Waals surface area (Å²) in [6.07, 6.45) is 4.99. The first-order valence-corrected chi connectivity index (χ1v) is 9.89. The van der Waals surface area contributed by atoms with Gasteiger partial charge in [0.1, 0.15) is 11.8 Å². The Morgan fingerprint density at radius 2 is 1.74 bits per heavy atom. The summed E-state index contributed by atoms with van der Waals surface area (Å²) in [6.45, 7) is 3.57. The molecule has 1 unspecified atom stereocenters. The Hall–Kier alpha value is -1.15. The zero-order valence-electron chi connectivity index (χ0n) is 13.7. The van der Waals surface area contributed by atoms with Crippen molar-refractivity contribution in [3.63, 3.8) is 0 Å². The van der Waals surface area contributed by atoms with Crippen molar-refractivity contribution < 1.29 is 23.1 Å². The van der Waals surface area contributed by atoms with Gasteiger partial charge in [-0.05, 0) is 51.4 Å². The smallest absolute Gasteiger partial charge is 0.326 e. The third-order valence-corrected chi connectivity index (χ3v) is 6.00. The summed E-state index contributed by atoms with van der Waals surface area (Å²) < 4.78 is 27.1. The largest absolute Gasteiger partial charge is 0.480 e. The third kappa shape index (κ3) is 5.17. The molecule has 2 rings (SSSR count). The van der Waals surface area contributed by atoms with Gasteiger partial charge < -0.3 is 10.0 Å². The Kier molecular flexibility index (Phi) is 5.67. The summed E-state index contributed by atoms with van der Waals surface area (Å²) in [5, 5.41) is 9.10. The van der Waals surface area contributed by atoms with Gasteiger partial charge in [0, 0.05) is 12.1 Å². The second kappa shape index (κ2) is 7.17. The van der Waals surface area contributed by atoms with E-state index in [4.69, 9.17) is 5.11 Å². The minimum atomic E-state index is -3.74. The van der Waals surface area contributed by atoms with Crippen molar-refractivity contribution in [2.24, 2.45) is 5.92 Å². The van der Waals surface area contributed by atoms with Gasteiger partial charge >= 0.3 is 5.97 Å². The molecule has 0 aromatic heterocycles. The van der Waals surface area contributed by atoms with E-state index in [0.29, 0.717) is 5.92 Å². The Morgan fingerprint density at radius 3 is 2.22 bits per heavy atom. The maximum atomic E-state index is 12.3. The number of hydrogen-bond donors (Lipinski definition) is 2. The summed E-state index contributed by atoms with van der Waals surface area (Å²) in [7, 11) is -3.74. The molecule has 0 radical (unpaired) electrons. The van der Waals surface area contributed by atoms with Crippen molar-refractivity contribution in [2.75, 3.05) is 5.75 Å². The molecule has 0 aliphatic heterocycles. The number of aliphatic carboxylic acids is 1. The van der Waals surface area contributed by atoms with Gasteiger partial charge in [0.25, 0.3) is 0 Å². The first-order chi connectivity index (χ1) is 10.7. The van der Waals surface area contributed by atoms with Crippen LogP contribution >= 0.6 is 0 Å². The molecule has 0 aromatic carbocycles. The average Bonchev–Trinajstić information content (AvgIpc) is 3.25. The van der Waals surface area contributed by atoms with Crippen LogP contribution in [-0.4, -0.2) is 54.2 Å². The molecule has 0 heterocycles. The fourth-order valence-electron chi connectivity index (χ4n) is 3.12. The standard InChI is InChI=1S/C15H26N2O5S/c1-10-3-5-12(6-4-10)16-23(21,22)9-14(18)17(13-7-8-13)11(2)15(19)20/h10-13,16H,3-9H2,1-2H3,(H,19,20). The molecular weight excluding hydrogens is 320 g/mol. The molecule has 132 valence electrons. The number of carbonyl (C=O) groups excluding carboxylic acids is 1. The lowest BCUT2D eigenvalue weighted by Crippen LogP contribution is -2.49. The molecule has 2 aliphatic carbocycles. The first-order valence-electron chi connectivity index (χ1n) is 8.23. The number of sulfonamides is 1. The van der Waals surface area contributed by atoms with E-state index in [0.717, 1.165) is 38.5 Å². The predicted molar refractivity (Wildman–Crippen MR) is 85.3 cm³/mol. The zero-order chi connectivity index (χ0) is 17.2. The minimum absolute atomic E-state index is 0.115. The fourth-order valence-corrected chi connectivity index (χ4v) is 4.42. The van der Waals surface area contributed by atoms with Gasteiger partial charge in [0.2, 0.25) is 15.9 Å². The van der Waals surface area contributed by atoms with Crippen LogP contribution in [0, 0.1) is 5.92 Å². The van der Waals surface area contributed by atoms with E-state index >= 15 is 0 Å². The lowest BCUT2D eigenvalue weighted by molar-refractivity contribution is -0.149. The van der Waals surface area contributed by atoms with Crippen LogP contribution in [0.15, 0.2) is 0 Å². The van der Waals surface area contributed by atoms with Crippen LogP contribution in [0.25, 0.3) is 0 Å². The summed E-state index contributed by atoms with van der Waals surface area (Å²) in [5.74, 6) is -1.80. The average molecular weight is 346 g/mol.